The summed E-state index contributed by atoms with van der Waals surface area (Å²) in [5.41, 5.74) is 0.137. The molecule has 0 radical (unpaired) electrons. The van der Waals surface area contributed by atoms with E-state index < -0.39 is 0 Å². The maximum absolute atomic E-state index is 4.34. The smallest absolute Gasteiger partial charge is 0.191 e. The van der Waals surface area contributed by atoms with Gasteiger partial charge in [-0.05, 0) is 30.2 Å². The Morgan fingerprint density at radius 1 is 1.48 bits per heavy atom. The van der Waals surface area contributed by atoms with Crippen molar-refractivity contribution in [1.29, 1.82) is 0 Å². The molecule has 1 fully saturated rings. The first-order chi connectivity index (χ1) is 9.56. The monoisotopic (exact) mass is 421 g/mol. The summed E-state index contributed by atoms with van der Waals surface area (Å²) >= 11 is 1.82. The summed E-state index contributed by atoms with van der Waals surface area (Å²) in [5, 5.41) is 9.16. The van der Waals surface area contributed by atoms with Crippen molar-refractivity contribution in [2.45, 2.75) is 51.5 Å². The highest BCUT2D eigenvalue weighted by molar-refractivity contribution is 14.0. The van der Waals surface area contributed by atoms with E-state index in [0.29, 0.717) is 6.04 Å². The molecule has 2 atom stereocenters. The lowest BCUT2D eigenvalue weighted by Gasteiger charge is -2.25. The van der Waals surface area contributed by atoms with Crippen molar-refractivity contribution < 1.29 is 0 Å². The average molecular weight is 421 g/mol. The molecule has 1 saturated carbocycles. The topological polar surface area (TPSA) is 36.4 Å². The first-order valence-electron chi connectivity index (χ1n) is 7.58. The first kappa shape index (κ1) is 18.7. The third-order valence-electron chi connectivity index (χ3n) is 4.01. The number of thiophene rings is 1. The normalized spacial score (nSPS) is 21.6. The molecule has 2 N–H and O–H groups in total. The molecule has 0 amide bonds. The van der Waals surface area contributed by atoms with Crippen LogP contribution in [0.25, 0.3) is 0 Å². The van der Waals surface area contributed by atoms with Crippen molar-refractivity contribution in [3.8, 4) is 0 Å². The molecule has 0 saturated heterocycles. The SMILES string of the molecule is CCCC1CC1NC(=NC)NCC(C)(C)c1cccs1.I. The maximum Gasteiger partial charge on any atom is 0.191 e. The average Bonchev–Trinajstić information content (AvgIpc) is 2.94. The number of nitrogens with zero attached hydrogens (tertiary/aromatic N) is 1. The molecule has 0 spiro atoms. The zero-order chi connectivity index (χ0) is 14.6. The van der Waals surface area contributed by atoms with Crippen molar-refractivity contribution in [2.75, 3.05) is 13.6 Å². The standard InChI is InChI=1S/C16H27N3S.HI/c1-5-7-12-10-13(12)19-15(17-4)18-11-16(2,3)14-8-6-9-20-14;/h6,8-9,12-13H,5,7,10-11H2,1-4H3,(H2,17,18,19);1H. The number of rotatable bonds is 6. The van der Waals surface area contributed by atoms with Gasteiger partial charge in [0.15, 0.2) is 5.96 Å². The summed E-state index contributed by atoms with van der Waals surface area (Å²) in [4.78, 5) is 5.76. The molecule has 1 aromatic rings. The molecule has 0 aromatic carbocycles. The molecule has 1 aromatic heterocycles. The molecule has 2 rings (SSSR count). The molecule has 120 valence electrons. The molecule has 21 heavy (non-hydrogen) atoms. The molecular weight excluding hydrogens is 393 g/mol. The second kappa shape index (κ2) is 8.36. The van der Waals surface area contributed by atoms with E-state index >= 15 is 0 Å². The van der Waals surface area contributed by atoms with Gasteiger partial charge in [-0.2, -0.15) is 0 Å². The van der Waals surface area contributed by atoms with Gasteiger partial charge in [-0.3, -0.25) is 4.99 Å². The van der Waals surface area contributed by atoms with Gasteiger partial charge in [0.05, 0.1) is 0 Å². The predicted octanol–water partition coefficient (Wildman–Crippen LogP) is 4.00. The van der Waals surface area contributed by atoms with Crippen LogP contribution in [-0.2, 0) is 5.41 Å². The Bertz CT molecular complexity index is 442. The summed E-state index contributed by atoms with van der Waals surface area (Å²) < 4.78 is 0. The Morgan fingerprint density at radius 3 is 2.81 bits per heavy atom. The Morgan fingerprint density at radius 2 is 2.24 bits per heavy atom. The molecule has 1 heterocycles. The van der Waals surface area contributed by atoms with E-state index in [2.05, 4.69) is 53.9 Å². The van der Waals surface area contributed by atoms with Crippen molar-refractivity contribution in [1.82, 2.24) is 10.6 Å². The third kappa shape index (κ3) is 5.43. The number of hydrogen-bond donors (Lipinski definition) is 2. The summed E-state index contributed by atoms with van der Waals surface area (Å²) in [6.45, 7) is 7.70. The Labute approximate surface area is 150 Å². The van der Waals surface area contributed by atoms with Crippen LogP contribution in [0.2, 0.25) is 0 Å². The second-order valence-electron chi connectivity index (χ2n) is 6.32. The molecule has 1 aliphatic carbocycles. The number of aliphatic imine (C=N–C) groups is 1. The van der Waals surface area contributed by atoms with Crippen LogP contribution in [0.4, 0.5) is 0 Å². The van der Waals surface area contributed by atoms with Gasteiger partial charge >= 0.3 is 0 Å². The molecule has 1 aliphatic rings. The van der Waals surface area contributed by atoms with Crippen LogP contribution in [0.15, 0.2) is 22.5 Å². The zero-order valence-electron chi connectivity index (χ0n) is 13.5. The highest BCUT2D eigenvalue weighted by Gasteiger charge is 2.36. The minimum atomic E-state index is 0. The lowest BCUT2D eigenvalue weighted by molar-refractivity contribution is 0.517. The van der Waals surface area contributed by atoms with Crippen molar-refractivity contribution in [3.05, 3.63) is 22.4 Å². The predicted molar refractivity (Wildman–Crippen MR) is 104 cm³/mol. The highest BCUT2D eigenvalue weighted by Crippen LogP contribution is 2.34. The summed E-state index contributed by atoms with van der Waals surface area (Å²) in [6.07, 6.45) is 3.90. The number of guanidine groups is 1. The van der Waals surface area contributed by atoms with Gasteiger partial charge < -0.3 is 10.6 Å². The number of halogens is 1. The lowest BCUT2D eigenvalue weighted by Crippen LogP contribution is -2.44. The summed E-state index contributed by atoms with van der Waals surface area (Å²) in [5.74, 6) is 1.79. The van der Waals surface area contributed by atoms with Crippen LogP contribution in [-0.4, -0.2) is 25.6 Å². The Hall–Kier alpha value is -0.300. The molecule has 0 bridgehead atoms. The summed E-state index contributed by atoms with van der Waals surface area (Å²) in [7, 11) is 1.85. The Balaban J connectivity index is 0.00000220. The van der Waals surface area contributed by atoms with Gasteiger partial charge in [0.2, 0.25) is 0 Å². The molecule has 5 heteroatoms. The van der Waals surface area contributed by atoms with Crippen LogP contribution in [0.5, 0.6) is 0 Å². The van der Waals surface area contributed by atoms with Gasteiger partial charge in [0.1, 0.15) is 0 Å². The van der Waals surface area contributed by atoms with Crippen LogP contribution in [0.1, 0.15) is 44.9 Å². The van der Waals surface area contributed by atoms with Gasteiger partial charge in [-0.15, -0.1) is 35.3 Å². The van der Waals surface area contributed by atoms with E-state index in [9.17, 15) is 0 Å². The Kier molecular flexibility index (Phi) is 7.47. The fourth-order valence-electron chi connectivity index (χ4n) is 2.54. The van der Waals surface area contributed by atoms with Gasteiger partial charge in [-0.1, -0.05) is 33.3 Å². The van der Waals surface area contributed by atoms with Crippen molar-refractivity contribution >= 4 is 41.3 Å². The quantitative estimate of drug-likeness (QED) is 0.414. The van der Waals surface area contributed by atoms with E-state index in [1.54, 1.807) is 0 Å². The van der Waals surface area contributed by atoms with Crippen LogP contribution in [0.3, 0.4) is 0 Å². The van der Waals surface area contributed by atoms with E-state index in [0.717, 1.165) is 18.4 Å². The van der Waals surface area contributed by atoms with Gasteiger partial charge in [0, 0.05) is 29.9 Å². The fourth-order valence-corrected chi connectivity index (χ4v) is 3.39. The van der Waals surface area contributed by atoms with Crippen LogP contribution >= 0.6 is 35.3 Å². The zero-order valence-corrected chi connectivity index (χ0v) is 16.6. The lowest BCUT2D eigenvalue weighted by atomic mass is 9.91. The van der Waals surface area contributed by atoms with Gasteiger partial charge in [0.25, 0.3) is 0 Å². The van der Waals surface area contributed by atoms with Gasteiger partial charge in [-0.25, -0.2) is 0 Å². The van der Waals surface area contributed by atoms with E-state index in [1.807, 2.05) is 18.4 Å². The van der Waals surface area contributed by atoms with E-state index in [4.69, 9.17) is 0 Å². The summed E-state index contributed by atoms with van der Waals surface area (Å²) in [6, 6.07) is 4.96. The minimum Gasteiger partial charge on any atom is -0.356 e. The maximum atomic E-state index is 4.34. The molecule has 3 nitrogen and oxygen atoms in total. The third-order valence-corrected chi connectivity index (χ3v) is 5.25. The van der Waals surface area contributed by atoms with Crippen LogP contribution < -0.4 is 10.6 Å². The fraction of sp³-hybridized carbons (Fsp3) is 0.688. The van der Waals surface area contributed by atoms with Crippen molar-refractivity contribution in [2.24, 2.45) is 10.9 Å². The molecular formula is C16H28IN3S. The largest absolute Gasteiger partial charge is 0.356 e. The minimum absolute atomic E-state index is 0. The first-order valence-corrected chi connectivity index (χ1v) is 8.46. The number of hydrogen-bond acceptors (Lipinski definition) is 2. The number of nitrogens with one attached hydrogen (secondary N) is 2. The van der Waals surface area contributed by atoms with E-state index in [1.165, 1.54) is 24.1 Å². The molecule has 0 aliphatic heterocycles. The van der Waals surface area contributed by atoms with E-state index in [-0.39, 0.29) is 29.4 Å². The second-order valence-corrected chi connectivity index (χ2v) is 7.27. The van der Waals surface area contributed by atoms with Crippen molar-refractivity contribution in [3.63, 3.8) is 0 Å². The van der Waals surface area contributed by atoms with Crippen LogP contribution in [0, 0.1) is 5.92 Å². The highest BCUT2D eigenvalue weighted by atomic mass is 127. The molecule has 2 unspecified atom stereocenters.